The van der Waals surface area contributed by atoms with Gasteiger partial charge in [-0.2, -0.15) is 12.6 Å². The lowest BCUT2D eigenvalue weighted by Crippen LogP contribution is -2.22. The number of rotatable bonds is 5. The summed E-state index contributed by atoms with van der Waals surface area (Å²) in [6.07, 6.45) is 9.72. The third-order valence-corrected chi connectivity index (χ3v) is 8.44. The highest BCUT2D eigenvalue weighted by atomic mass is 32.1. The molecule has 1 fully saturated rings. The van der Waals surface area contributed by atoms with E-state index in [1.807, 2.05) is 0 Å². The second kappa shape index (κ2) is 8.34. The van der Waals surface area contributed by atoms with E-state index in [1.165, 1.54) is 44.9 Å². The van der Waals surface area contributed by atoms with Crippen LogP contribution in [0.15, 0.2) is 0 Å². The van der Waals surface area contributed by atoms with E-state index >= 15 is 0 Å². The maximum Gasteiger partial charge on any atom is 0.00820 e. The molecule has 1 aliphatic rings. The standard InChI is InChI=1S/C13H28P2S/c1-3-10(14)11(4-2)15-12-8-6-5-7-9-13(12)16/h10-13,15-16H,3-9,14H2,1-2H3. The molecule has 1 aliphatic carbocycles. The molecule has 0 bridgehead atoms. The Balaban J connectivity index is 2.48. The Morgan fingerprint density at radius 3 is 2.50 bits per heavy atom. The summed E-state index contributed by atoms with van der Waals surface area (Å²) in [5.41, 5.74) is 2.66. The topological polar surface area (TPSA) is 0 Å². The molecule has 0 aliphatic heterocycles. The lowest BCUT2D eigenvalue weighted by Gasteiger charge is -2.29. The lowest BCUT2D eigenvalue weighted by atomic mass is 10.2. The fraction of sp³-hybridized carbons (Fsp3) is 1.00. The van der Waals surface area contributed by atoms with Crippen molar-refractivity contribution in [3.05, 3.63) is 0 Å². The molecular formula is C13H28P2S. The molecule has 96 valence electrons. The van der Waals surface area contributed by atoms with E-state index in [2.05, 4.69) is 23.1 Å². The van der Waals surface area contributed by atoms with Gasteiger partial charge in [-0.05, 0) is 42.7 Å². The van der Waals surface area contributed by atoms with E-state index in [1.54, 1.807) is 0 Å². The number of hydrogen-bond acceptors (Lipinski definition) is 1. The fourth-order valence-corrected chi connectivity index (χ4v) is 5.81. The second-order valence-electron chi connectivity index (χ2n) is 5.07. The summed E-state index contributed by atoms with van der Waals surface area (Å²) in [6.45, 7) is 4.67. The van der Waals surface area contributed by atoms with Gasteiger partial charge in [0.05, 0.1) is 0 Å². The Bertz CT molecular complexity index is 187. The van der Waals surface area contributed by atoms with Crippen LogP contribution in [0.25, 0.3) is 0 Å². The molecular weight excluding hydrogens is 250 g/mol. The van der Waals surface area contributed by atoms with Crippen molar-refractivity contribution in [1.82, 2.24) is 0 Å². The quantitative estimate of drug-likeness (QED) is 0.419. The molecule has 0 aromatic heterocycles. The highest BCUT2D eigenvalue weighted by Gasteiger charge is 2.25. The molecule has 0 N–H and O–H groups in total. The van der Waals surface area contributed by atoms with Crippen molar-refractivity contribution in [2.45, 2.75) is 81.0 Å². The normalized spacial score (nSPS) is 31.5. The van der Waals surface area contributed by atoms with Gasteiger partial charge >= 0.3 is 0 Å². The molecule has 0 saturated heterocycles. The summed E-state index contributed by atoms with van der Waals surface area (Å²) in [6, 6.07) is 0. The molecule has 0 heterocycles. The van der Waals surface area contributed by atoms with Crippen LogP contribution < -0.4 is 0 Å². The van der Waals surface area contributed by atoms with Gasteiger partial charge in [-0.1, -0.05) is 33.1 Å². The molecule has 0 amide bonds. The third kappa shape index (κ3) is 4.83. The zero-order chi connectivity index (χ0) is 12.0. The minimum Gasteiger partial charge on any atom is -0.175 e. The van der Waals surface area contributed by atoms with Gasteiger partial charge in [-0.25, -0.2) is 0 Å². The average Bonchev–Trinajstić information content (AvgIpc) is 2.50. The SMILES string of the molecule is CCC(P)C(CC)PC1CCCCCC1S. The Kier molecular flexibility index (Phi) is 7.95. The van der Waals surface area contributed by atoms with Gasteiger partial charge < -0.3 is 0 Å². The van der Waals surface area contributed by atoms with Crippen LogP contribution in [0, 0.1) is 0 Å². The van der Waals surface area contributed by atoms with Crippen molar-refractivity contribution in [1.29, 1.82) is 0 Å². The molecule has 0 aromatic carbocycles. The fourth-order valence-electron chi connectivity index (χ4n) is 2.59. The highest BCUT2D eigenvalue weighted by Crippen LogP contribution is 2.41. The molecule has 1 rings (SSSR count). The third-order valence-electron chi connectivity index (χ3n) is 3.84. The molecule has 0 aromatic rings. The predicted molar refractivity (Wildman–Crippen MR) is 85.8 cm³/mol. The maximum absolute atomic E-state index is 4.84. The summed E-state index contributed by atoms with van der Waals surface area (Å²) < 4.78 is 0. The van der Waals surface area contributed by atoms with Gasteiger partial charge in [0.15, 0.2) is 0 Å². The zero-order valence-electron chi connectivity index (χ0n) is 10.8. The van der Waals surface area contributed by atoms with Crippen LogP contribution in [0.2, 0.25) is 0 Å². The van der Waals surface area contributed by atoms with Crippen LogP contribution in [-0.4, -0.2) is 22.2 Å². The zero-order valence-corrected chi connectivity index (χ0v) is 13.8. The number of hydrogen-bond donors (Lipinski definition) is 1. The van der Waals surface area contributed by atoms with Crippen molar-refractivity contribution in [2.75, 3.05) is 0 Å². The van der Waals surface area contributed by atoms with Crippen molar-refractivity contribution in [3.8, 4) is 0 Å². The Labute approximate surface area is 112 Å². The average molecular weight is 278 g/mol. The van der Waals surface area contributed by atoms with Crippen molar-refractivity contribution in [2.24, 2.45) is 0 Å². The van der Waals surface area contributed by atoms with Crippen LogP contribution in [0.5, 0.6) is 0 Å². The van der Waals surface area contributed by atoms with Crippen molar-refractivity contribution < 1.29 is 0 Å². The summed E-state index contributed by atoms with van der Waals surface area (Å²) in [7, 11) is 4.20. The van der Waals surface area contributed by atoms with Gasteiger partial charge in [0.1, 0.15) is 0 Å². The van der Waals surface area contributed by atoms with E-state index in [-0.39, 0.29) is 0 Å². The lowest BCUT2D eigenvalue weighted by molar-refractivity contribution is 0.691. The van der Waals surface area contributed by atoms with E-state index in [9.17, 15) is 0 Å². The van der Waals surface area contributed by atoms with E-state index < -0.39 is 0 Å². The largest absolute Gasteiger partial charge is 0.175 e. The molecule has 0 radical (unpaired) electrons. The molecule has 6 unspecified atom stereocenters. The Hall–Kier alpha value is 1.21. The molecule has 3 heteroatoms. The van der Waals surface area contributed by atoms with Gasteiger partial charge in [0.25, 0.3) is 0 Å². The summed E-state index contributed by atoms with van der Waals surface area (Å²) in [5.74, 6) is 0. The van der Waals surface area contributed by atoms with Crippen LogP contribution in [0.1, 0.15) is 58.8 Å². The van der Waals surface area contributed by atoms with Crippen LogP contribution in [-0.2, 0) is 0 Å². The summed E-state index contributed by atoms with van der Waals surface area (Å²) in [5, 5.41) is 0.684. The van der Waals surface area contributed by atoms with Crippen LogP contribution in [0.4, 0.5) is 0 Å². The van der Waals surface area contributed by atoms with Crippen molar-refractivity contribution in [3.63, 3.8) is 0 Å². The minimum atomic E-state index is 0.684. The van der Waals surface area contributed by atoms with Gasteiger partial charge in [0, 0.05) is 5.25 Å². The monoisotopic (exact) mass is 278 g/mol. The Morgan fingerprint density at radius 1 is 1.19 bits per heavy atom. The maximum atomic E-state index is 4.84. The van der Waals surface area contributed by atoms with Crippen LogP contribution in [0.3, 0.4) is 0 Å². The first-order valence-corrected chi connectivity index (χ1v) is 9.22. The van der Waals surface area contributed by atoms with E-state index in [0.29, 0.717) is 5.25 Å². The number of thiol groups is 1. The first-order valence-electron chi connectivity index (χ1n) is 6.88. The second-order valence-corrected chi connectivity index (χ2v) is 8.40. The molecule has 0 spiro atoms. The van der Waals surface area contributed by atoms with Crippen molar-refractivity contribution >= 4 is 30.4 Å². The molecule has 16 heavy (non-hydrogen) atoms. The minimum absolute atomic E-state index is 0.684. The predicted octanol–water partition coefficient (Wildman–Crippen LogP) is 4.73. The summed E-state index contributed by atoms with van der Waals surface area (Å²) in [4.78, 5) is 0. The van der Waals surface area contributed by atoms with Crippen LogP contribution >= 0.6 is 30.4 Å². The van der Waals surface area contributed by atoms with E-state index in [0.717, 1.165) is 25.6 Å². The first kappa shape index (κ1) is 15.3. The summed E-state index contributed by atoms with van der Waals surface area (Å²) >= 11 is 4.84. The molecule has 6 atom stereocenters. The Morgan fingerprint density at radius 2 is 1.88 bits per heavy atom. The first-order chi connectivity index (χ1) is 7.69. The molecule has 1 saturated carbocycles. The van der Waals surface area contributed by atoms with Gasteiger partial charge in [-0.3, -0.25) is 0 Å². The smallest absolute Gasteiger partial charge is 0.00820 e. The molecule has 0 nitrogen and oxygen atoms in total. The van der Waals surface area contributed by atoms with Gasteiger partial charge in [0.2, 0.25) is 0 Å². The van der Waals surface area contributed by atoms with Gasteiger partial charge in [-0.15, -0.1) is 17.8 Å². The highest BCUT2D eigenvalue weighted by molar-refractivity contribution is 7.81. The van der Waals surface area contributed by atoms with E-state index in [4.69, 9.17) is 12.6 Å².